The van der Waals surface area contributed by atoms with Gasteiger partial charge in [0, 0.05) is 44.9 Å². The molecule has 0 bridgehead atoms. The SMILES string of the molecule is CC(C)c1cc(CNC(=O)N2CCN(Cc3ccon3)CC2)on1. The van der Waals surface area contributed by atoms with Gasteiger partial charge in [0.05, 0.1) is 17.9 Å². The smallest absolute Gasteiger partial charge is 0.317 e. The Morgan fingerprint density at radius 2 is 2.08 bits per heavy atom. The highest BCUT2D eigenvalue weighted by molar-refractivity contribution is 5.74. The third-order valence-electron chi connectivity index (χ3n) is 4.12. The van der Waals surface area contributed by atoms with E-state index >= 15 is 0 Å². The van der Waals surface area contributed by atoms with Gasteiger partial charge in [0.2, 0.25) is 0 Å². The summed E-state index contributed by atoms with van der Waals surface area (Å²) >= 11 is 0. The summed E-state index contributed by atoms with van der Waals surface area (Å²) in [6, 6.07) is 3.68. The molecule has 0 spiro atoms. The second kappa shape index (κ2) is 7.48. The van der Waals surface area contributed by atoms with E-state index < -0.39 is 0 Å². The first-order valence-corrected chi connectivity index (χ1v) is 8.21. The van der Waals surface area contributed by atoms with Crippen molar-refractivity contribution in [2.75, 3.05) is 26.2 Å². The molecule has 0 saturated carbocycles. The van der Waals surface area contributed by atoms with E-state index in [2.05, 4.69) is 34.4 Å². The number of carbonyl (C=O) groups excluding carboxylic acids is 1. The molecule has 130 valence electrons. The molecule has 2 amide bonds. The third kappa shape index (κ3) is 4.14. The van der Waals surface area contributed by atoms with Crippen LogP contribution in [0.3, 0.4) is 0 Å². The highest BCUT2D eigenvalue weighted by Gasteiger charge is 2.21. The standard InChI is InChI=1S/C16H23N5O3/c1-12(2)15-9-14(24-19-15)10-17-16(22)21-6-4-20(5-7-21)11-13-3-8-23-18-13/h3,8-9,12H,4-7,10-11H2,1-2H3,(H,17,22). The van der Waals surface area contributed by atoms with Crippen LogP contribution in [-0.4, -0.2) is 52.3 Å². The molecule has 0 atom stereocenters. The molecule has 0 radical (unpaired) electrons. The predicted octanol–water partition coefficient (Wildman–Crippen LogP) is 1.81. The first-order valence-electron chi connectivity index (χ1n) is 8.21. The third-order valence-corrected chi connectivity index (χ3v) is 4.12. The van der Waals surface area contributed by atoms with Crippen LogP contribution in [0.15, 0.2) is 27.4 Å². The molecule has 8 nitrogen and oxygen atoms in total. The average Bonchev–Trinajstić information content (AvgIpc) is 3.25. The van der Waals surface area contributed by atoms with Gasteiger partial charge in [0.25, 0.3) is 0 Å². The average molecular weight is 333 g/mol. The van der Waals surface area contributed by atoms with Gasteiger partial charge in [0.15, 0.2) is 5.76 Å². The van der Waals surface area contributed by atoms with Gasteiger partial charge >= 0.3 is 6.03 Å². The van der Waals surface area contributed by atoms with E-state index in [1.54, 1.807) is 6.26 Å². The van der Waals surface area contributed by atoms with Crippen LogP contribution >= 0.6 is 0 Å². The van der Waals surface area contributed by atoms with Crippen molar-refractivity contribution in [3.63, 3.8) is 0 Å². The van der Waals surface area contributed by atoms with E-state index in [9.17, 15) is 4.79 Å². The van der Waals surface area contributed by atoms with Crippen LogP contribution in [0.1, 0.15) is 36.9 Å². The zero-order valence-corrected chi connectivity index (χ0v) is 14.1. The fraction of sp³-hybridized carbons (Fsp3) is 0.562. The Labute approximate surface area is 140 Å². The van der Waals surface area contributed by atoms with Gasteiger partial charge in [0.1, 0.15) is 6.26 Å². The van der Waals surface area contributed by atoms with Crippen LogP contribution in [0.5, 0.6) is 0 Å². The first kappa shape index (κ1) is 16.5. The highest BCUT2D eigenvalue weighted by atomic mass is 16.5. The Kier molecular flexibility index (Phi) is 5.14. The van der Waals surface area contributed by atoms with Gasteiger partial charge in [-0.1, -0.05) is 24.2 Å². The summed E-state index contributed by atoms with van der Waals surface area (Å²) in [5.74, 6) is 0.993. The maximum absolute atomic E-state index is 12.2. The van der Waals surface area contributed by atoms with E-state index in [1.165, 1.54) is 0 Å². The van der Waals surface area contributed by atoms with E-state index in [4.69, 9.17) is 9.05 Å². The van der Waals surface area contributed by atoms with Gasteiger partial charge in [-0.3, -0.25) is 4.90 Å². The molecule has 1 aliphatic heterocycles. The number of carbonyl (C=O) groups is 1. The Bertz CT molecular complexity index is 644. The van der Waals surface area contributed by atoms with Crippen LogP contribution in [-0.2, 0) is 13.1 Å². The van der Waals surface area contributed by atoms with Gasteiger partial charge in [-0.25, -0.2) is 4.79 Å². The first-order chi connectivity index (χ1) is 11.6. The summed E-state index contributed by atoms with van der Waals surface area (Å²) in [4.78, 5) is 16.3. The molecule has 0 aliphatic carbocycles. The molecule has 0 aromatic carbocycles. The monoisotopic (exact) mass is 333 g/mol. The molecule has 2 aromatic rings. The summed E-state index contributed by atoms with van der Waals surface area (Å²) < 4.78 is 10.1. The maximum atomic E-state index is 12.2. The molecular weight excluding hydrogens is 310 g/mol. The van der Waals surface area contributed by atoms with Crippen molar-refractivity contribution in [2.45, 2.75) is 32.9 Å². The van der Waals surface area contributed by atoms with E-state index in [0.29, 0.717) is 31.3 Å². The van der Waals surface area contributed by atoms with Crippen LogP contribution in [0.25, 0.3) is 0 Å². The summed E-state index contributed by atoms with van der Waals surface area (Å²) in [6.07, 6.45) is 1.58. The van der Waals surface area contributed by atoms with Crippen molar-refractivity contribution in [2.24, 2.45) is 0 Å². The van der Waals surface area contributed by atoms with E-state index in [0.717, 1.165) is 31.0 Å². The normalized spacial score (nSPS) is 15.9. The number of aromatic nitrogens is 2. The zero-order chi connectivity index (χ0) is 16.9. The minimum Gasteiger partial charge on any atom is -0.364 e. The lowest BCUT2D eigenvalue weighted by molar-refractivity contribution is 0.133. The van der Waals surface area contributed by atoms with Gasteiger partial charge < -0.3 is 19.3 Å². The summed E-state index contributed by atoms with van der Waals surface area (Å²) in [5.41, 5.74) is 1.82. The molecule has 1 fully saturated rings. The van der Waals surface area contributed by atoms with Crippen molar-refractivity contribution in [1.29, 1.82) is 0 Å². The van der Waals surface area contributed by atoms with Crippen molar-refractivity contribution in [3.8, 4) is 0 Å². The number of rotatable bonds is 5. The van der Waals surface area contributed by atoms with Crippen LogP contribution in [0.4, 0.5) is 4.79 Å². The van der Waals surface area contributed by atoms with Crippen molar-refractivity contribution < 1.29 is 13.8 Å². The molecule has 1 N–H and O–H groups in total. The molecule has 3 heterocycles. The highest BCUT2D eigenvalue weighted by Crippen LogP contribution is 2.14. The van der Waals surface area contributed by atoms with Crippen LogP contribution in [0.2, 0.25) is 0 Å². The molecule has 3 rings (SSSR count). The second-order valence-corrected chi connectivity index (χ2v) is 6.29. The largest absolute Gasteiger partial charge is 0.364 e. The summed E-state index contributed by atoms with van der Waals surface area (Å²) in [6.45, 7) is 8.24. The van der Waals surface area contributed by atoms with Crippen LogP contribution in [0, 0.1) is 0 Å². The molecule has 24 heavy (non-hydrogen) atoms. The van der Waals surface area contributed by atoms with Gasteiger partial charge in [-0.2, -0.15) is 0 Å². The number of piperazine rings is 1. The Morgan fingerprint density at radius 3 is 2.71 bits per heavy atom. The zero-order valence-electron chi connectivity index (χ0n) is 14.1. The topological polar surface area (TPSA) is 87.6 Å². The van der Waals surface area contributed by atoms with Crippen molar-refractivity contribution in [1.82, 2.24) is 25.4 Å². The molecule has 8 heteroatoms. The fourth-order valence-electron chi connectivity index (χ4n) is 2.62. The Balaban J connectivity index is 1.41. The molecule has 1 saturated heterocycles. The number of amides is 2. The predicted molar refractivity (Wildman–Crippen MR) is 86.2 cm³/mol. The quantitative estimate of drug-likeness (QED) is 0.898. The van der Waals surface area contributed by atoms with Gasteiger partial charge in [-0.15, -0.1) is 0 Å². The summed E-state index contributed by atoms with van der Waals surface area (Å²) in [7, 11) is 0. The lowest BCUT2D eigenvalue weighted by atomic mass is 10.1. The van der Waals surface area contributed by atoms with E-state index in [1.807, 2.05) is 17.0 Å². The number of nitrogens with one attached hydrogen (secondary N) is 1. The second-order valence-electron chi connectivity index (χ2n) is 6.29. The fourth-order valence-corrected chi connectivity index (χ4v) is 2.62. The minimum atomic E-state index is -0.0708. The van der Waals surface area contributed by atoms with Gasteiger partial charge in [-0.05, 0) is 5.92 Å². The van der Waals surface area contributed by atoms with Crippen LogP contribution < -0.4 is 5.32 Å². The Morgan fingerprint density at radius 1 is 1.29 bits per heavy atom. The van der Waals surface area contributed by atoms with Crippen molar-refractivity contribution in [3.05, 3.63) is 35.5 Å². The molecule has 2 aromatic heterocycles. The molecule has 0 unspecified atom stereocenters. The molecular formula is C16H23N5O3. The minimum absolute atomic E-state index is 0.0708. The summed E-state index contributed by atoms with van der Waals surface area (Å²) in [5, 5.41) is 10.8. The number of urea groups is 1. The lowest BCUT2D eigenvalue weighted by Crippen LogP contribution is -2.51. The molecule has 1 aliphatic rings. The van der Waals surface area contributed by atoms with Crippen molar-refractivity contribution >= 4 is 6.03 Å². The number of hydrogen-bond donors (Lipinski definition) is 1. The van der Waals surface area contributed by atoms with E-state index in [-0.39, 0.29) is 6.03 Å². The Hall–Kier alpha value is -2.35. The lowest BCUT2D eigenvalue weighted by Gasteiger charge is -2.34. The number of nitrogens with zero attached hydrogens (tertiary/aromatic N) is 4. The maximum Gasteiger partial charge on any atom is 0.317 e. The number of hydrogen-bond acceptors (Lipinski definition) is 6.